The molecule has 1 N–H and O–H groups in total. The Morgan fingerprint density at radius 2 is 1.79 bits per heavy atom. The van der Waals surface area contributed by atoms with Crippen LogP contribution in [0.25, 0.3) is 0 Å². The van der Waals surface area contributed by atoms with E-state index in [1.54, 1.807) is 0 Å². The smallest absolute Gasteiger partial charge is 0.422 e. The fraction of sp³-hybridized carbons (Fsp3) is 0.400. The van der Waals surface area contributed by atoms with Crippen LogP contribution in [0, 0.1) is 0 Å². The van der Waals surface area contributed by atoms with Crippen molar-refractivity contribution >= 4 is 22.4 Å². The molecule has 0 saturated heterocycles. The van der Waals surface area contributed by atoms with Gasteiger partial charge in [-0.15, -0.1) is 10.2 Å². The Hall–Kier alpha value is -2.16. The number of benzene rings is 1. The summed E-state index contributed by atoms with van der Waals surface area (Å²) in [5.41, 5.74) is 0.111. The Morgan fingerprint density at radius 3 is 2.29 bits per heavy atom. The lowest BCUT2D eigenvalue weighted by molar-refractivity contribution is -0.153. The highest BCUT2D eigenvalue weighted by Crippen LogP contribution is 2.28. The van der Waals surface area contributed by atoms with Gasteiger partial charge in [-0.2, -0.15) is 13.2 Å². The van der Waals surface area contributed by atoms with Crippen LogP contribution in [0.2, 0.25) is 0 Å². The predicted octanol–water partition coefficient (Wildman–Crippen LogP) is 4.03. The van der Waals surface area contributed by atoms with E-state index in [1.165, 1.54) is 35.6 Å². The zero-order chi connectivity index (χ0) is 18.0. The number of carbonyl (C=O) groups is 1. The first-order chi connectivity index (χ1) is 11.0. The summed E-state index contributed by atoms with van der Waals surface area (Å²) in [5.74, 6) is -0.385. The van der Waals surface area contributed by atoms with Gasteiger partial charge in [0.15, 0.2) is 6.61 Å². The second-order valence-corrected chi connectivity index (χ2v) is 7.02. The van der Waals surface area contributed by atoms with E-state index in [4.69, 9.17) is 0 Å². The van der Waals surface area contributed by atoms with Crippen LogP contribution in [-0.4, -0.2) is 28.9 Å². The molecule has 0 unspecified atom stereocenters. The Morgan fingerprint density at radius 1 is 1.17 bits per heavy atom. The van der Waals surface area contributed by atoms with Gasteiger partial charge in [0.2, 0.25) is 5.13 Å². The monoisotopic (exact) mass is 359 g/mol. The minimum absolute atomic E-state index is 0.0369. The van der Waals surface area contributed by atoms with Crippen LogP contribution in [-0.2, 0) is 5.41 Å². The number of aromatic nitrogens is 2. The molecule has 1 aromatic carbocycles. The minimum Gasteiger partial charge on any atom is -0.484 e. The normalized spacial score (nSPS) is 12.1. The zero-order valence-corrected chi connectivity index (χ0v) is 14.1. The number of anilines is 1. The van der Waals surface area contributed by atoms with E-state index >= 15 is 0 Å². The topological polar surface area (TPSA) is 64.1 Å². The van der Waals surface area contributed by atoms with Crippen LogP contribution in [0.1, 0.15) is 36.1 Å². The lowest BCUT2D eigenvalue weighted by Crippen LogP contribution is -2.19. The van der Waals surface area contributed by atoms with Crippen molar-refractivity contribution in [1.82, 2.24) is 10.2 Å². The van der Waals surface area contributed by atoms with Crippen molar-refractivity contribution in [2.24, 2.45) is 0 Å². The molecule has 1 aromatic heterocycles. The molecule has 9 heteroatoms. The minimum atomic E-state index is -4.40. The van der Waals surface area contributed by atoms with Crippen LogP contribution in [0.4, 0.5) is 18.3 Å². The molecule has 5 nitrogen and oxygen atoms in total. The van der Waals surface area contributed by atoms with Gasteiger partial charge in [-0.25, -0.2) is 0 Å². The van der Waals surface area contributed by atoms with Crippen molar-refractivity contribution < 1.29 is 22.7 Å². The second kappa shape index (κ2) is 6.76. The molecule has 2 aromatic rings. The highest BCUT2D eigenvalue weighted by molar-refractivity contribution is 7.15. The summed E-state index contributed by atoms with van der Waals surface area (Å²) in [6.45, 7) is 4.58. The molecule has 0 fully saturated rings. The van der Waals surface area contributed by atoms with E-state index in [9.17, 15) is 18.0 Å². The largest absolute Gasteiger partial charge is 0.484 e. The number of ether oxygens (including phenoxy) is 1. The molecule has 130 valence electrons. The summed E-state index contributed by atoms with van der Waals surface area (Å²) in [5, 5.41) is 11.7. The van der Waals surface area contributed by atoms with E-state index in [1.807, 2.05) is 20.8 Å². The van der Waals surface area contributed by atoms with Gasteiger partial charge >= 0.3 is 6.18 Å². The fourth-order valence-electron chi connectivity index (χ4n) is 1.61. The summed E-state index contributed by atoms with van der Waals surface area (Å²) >= 11 is 1.27. The van der Waals surface area contributed by atoms with Crippen LogP contribution in [0.15, 0.2) is 24.3 Å². The molecule has 0 aliphatic heterocycles. The third kappa shape index (κ3) is 5.19. The lowest BCUT2D eigenvalue weighted by Gasteiger charge is -2.12. The number of nitrogens with one attached hydrogen (secondary N) is 1. The van der Waals surface area contributed by atoms with E-state index < -0.39 is 18.7 Å². The number of nitrogens with zero attached hydrogens (tertiary/aromatic N) is 2. The highest BCUT2D eigenvalue weighted by atomic mass is 32.1. The van der Waals surface area contributed by atoms with E-state index in [0.717, 1.165) is 5.01 Å². The summed E-state index contributed by atoms with van der Waals surface area (Å²) in [6, 6.07) is 5.38. The Kier molecular flexibility index (Phi) is 5.12. The first kappa shape index (κ1) is 18.2. The number of rotatable bonds is 4. The van der Waals surface area contributed by atoms with Crippen LogP contribution >= 0.6 is 11.3 Å². The molecule has 0 radical (unpaired) electrons. The SMILES string of the molecule is CC(C)(C)c1nnc(NC(=O)c2ccc(OCC(F)(F)F)cc2)s1. The number of halogens is 3. The Balaban J connectivity index is 1.99. The predicted molar refractivity (Wildman–Crippen MR) is 84.6 cm³/mol. The first-order valence-corrected chi connectivity index (χ1v) is 7.81. The van der Waals surface area contributed by atoms with Gasteiger partial charge in [0.1, 0.15) is 10.8 Å². The number of alkyl halides is 3. The van der Waals surface area contributed by atoms with Crippen molar-refractivity contribution in [3.8, 4) is 5.75 Å². The quantitative estimate of drug-likeness (QED) is 0.895. The van der Waals surface area contributed by atoms with Gasteiger partial charge in [-0.05, 0) is 24.3 Å². The molecule has 0 bridgehead atoms. The highest BCUT2D eigenvalue weighted by Gasteiger charge is 2.28. The van der Waals surface area contributed by atoms with Crippen molar-refractivity contribution in [2.75, 3.05) is 11.9 Å². The molecule has 1 heterocycles. The zero-order valence-electron chi connectivity index (χ0n) is 13.3. The maximum Gasteiger partial charge on any atom is 0.422 e. The van der Waals surface area contributed by atoms with Crippen molar-refractivity contribution in [2.45, 2.75) is 32.4 Å². The molecular weight excluding hydrogens is 343 g/mol. The maximum atomic E-state index is 12.1. The van der Waals surface area contributed by atoms with Crippen molar-refractivity contribution in [3.63, 3.8) is 0 Å². The number of carbonyl (C=O) groups excluding carboxylic acids is 1. The van der Waals surface area contributed by atoms with Gasteiger partial charge in [0.05, 0.1) is 0 Å². The number of hydrogen-bond acceptors (Lipinski definition) is 5. The van der Waals surface area contributed by atoms with Gasteiger partial charge in [0, 0.05) is 11.0 Å². The standard InChI is InChI=1S/C15H16F3N3O2S/c1-14(2,3)12-20-21-13(24-12)19-11(22)9-4-6-10(7-5-9)23-8-15(16,17)18/h4-7H,8H2,1-3H3,(H,19,21,22). The molecule has 0 spiro atoms. The molecule has 1 amide bonds. The maximum absolute atomic E-state index is 12.1. The van der Waals surface area contributed by atoms with E-state index in [0.29, 0.717) is 5.13 Å². The van der Waals surface area contributed by atoms with E-state index in [2.05, 4.69) is 20.3 Å². The molecule has 2 rings (SSSR count). The fourth-order valence-corrected chi connectivity index (χ4v) is 2.41. The van der Waals surface area contributed by atoms with Crippen molar-refractivity contribution in [1.29, 1.82) is 0 Å². The van der Waals surface area contributed by atoms with Crippen molar-refractivity contribution in [3.05, 3.63) is 34.8 Å². The van der Waals surface area contributed by atoms with Gasteiger partial charge in [0.25, 0.3) is 5.91 Å². The van der Waals surface area contributed by atoms with Gasteiger partial charge in [-0.1, -0.05) is 32.1 Å². The van der Waals surface area contributed by atoms with Gasteiger partial charge in [-0.3, -0.25) is 10.1 Å². The molecule has 0 atom stereocenters. The molecule has 0 saturated carbocycles. The molecular formula is C15H16F3N3O2S. The summed E-state index contributed by atoms with van der Waals surface area (Å²) in [6.07, 6.45) is -4.40. The van der Waals surface area contributed by atoms with E-state index in [-0.39, 0.29) is 16.7 Å². The first-order valence-electron chi connectivity index (χ1n) is 6.99. The van der Waals surface area contributed by atoms with Crippen LogP contribution in [0.3, 0.4) is 0 Å². The summed E-state index contributed by atoms with van der Waals surface area (Å²) in [4.78, 5) is 12.1. The van der Waals surface area contributed by atoms with Gasteiger partial charge < -0.3 is 4.74 Å². The average molecular weight is 359 g/mol. The third-order valence-corrected chi connectivity index (χ3v) is 4.07. The average Bonchev–Trinajstić information content (AvgIpc) is 2.93. The summed E-state index contributed by atoms with van der Waals surface area (Å²) in [7, 11) is 0. The number of amides is 1. The van der Waals surface area contributed by atoms with Crippen LogP contribution < -0.4 is 10.1 Å². The molecule has 24 heavy (non-hydrogen) atoms. The lowest BCUT2D eigenvalue weighted by atomic mass is 9.98. The second-order valence-electron chi connectivity index (χ2n) is 6.04. The molecule has 0 aliphatic carbocycles. The Labute approximate surface area is 140 Å². The third-order valence-electron chi connectivity index (χ3n) is 2.81. The summed E-state index contributed by atoms with van der Waals surface area (Å²) < 4.78 is 40.8. The van der Waals surface area contributed by atoms with Crippen LogP contribution in [0.5, 0.6) is 5.75 Å². The molecule has 0 aliphatic rings. The Bertz CT molecular complexity index is 706. The number of hydrogen-bond donors (Lipinski definition) is 1.